The SMILES string of the molecule is CCCC(C)(OP=O)Oc1ccc2c(C(C)=O)cn(CC(=O)N3C[C@H](F)C[C@H]3C(=O)NCc3cccc(Cl)c3F)c2c1. The molecule has 1 saturated heterocycles. The molecule has 1 aliphatic rings. The average Bonchev–Trinajstić information content (AvgIpc) is 3.50. The fraction of sp³-hybridized carbons (Fsp3) is 0.414. The highest BCUT2D eigenvalue weighted by Gasteiger charge is 2.40. The van der Waals surface area contributed by atoms with E-state index in [0.29, 0.717) is 35.1 Å². The number of aromatic nitrogens is 1. The van der Waals surface area contributed by atoms with Gasteiger partial charge in [0.2, 0.25) is 17.6 Å². The summed E-state index contributed by atoms with van der Waals surface area (Å²) in [6.45, 7) is 4.24. The highest BCUT2D eigenvalue weighted by atomic mass is 35.5. The molecule has 0 aliphatic carbocycles. The minimum atomic E-state index is -1.42. The van der Waals surface area contributed by atoms with Gasteiger partial charge in [-0.25, -0.2) is 17.9 Å². The number of ketones is 1. The van der Waals surface area contributed by atoms with E-state index in [4.69, 9.17) is 20.9 Å². The molecule has 0 radical (unpaired) electrons. The van der Waals surface area contributed by atoms with Crippen molar-refractivity contribution < 1.29 is 37.0 Å². The van der Waals surface area contributed by atoms with Gasteiger partial charge in [0.25, 0.3) is 0 Å². The van der Waals surface area contributed by atoms with E-state index >= 15 is 0 Å². The minimum Gasteiger partial charge on any atom is -0.462 e. The molecule has 3 aromatic rings. The minimum absolute atomic E-state index is 0.0896. The highest BCUT2D eigenvalue weighted by Crippen LogP contribution is 2.32. The normalized spacial score (nSPS) is 18.3. The zero-order valence-corrected chi connectivity index (χ0v) is 25.0. The van der Waals surface area contributed by atoms with Gasteiger partial charge in [-0.3, -0.25) is 14.4 Å². The van der Waals surface area contributed by atoms with Crippen LogP contribution in [0.25, 0.3) is 10.9 Å². The molecule has 2 amide bonds. The van der Waals surface area contributed by atoms with Crippen LogP contribution < -0.4 is 10.1 Å². The topological polar surface area (TPSA) is 107 Å². The van der Waals surface area contributed by atoms with Gasteiger partial charge in [0, 0.05) is 55.1 Å². The zero-order valence-electron chi connectivity index (χ0n) is 23.4. The number of amides is 2. The van der Waals surface area contributed by atoms with Crippen molar-refractivity contribution in [2.45, 2.75) is 71.1 Å². The number of carbonyl (C=O) groups excluding carboxylic acids is 3. The van der Waals surface area contributed by atoms with Crippen LogP contribution in [-0.4, -0.2) is 51.6 Å². The second-order valence-corrected chi connectivity index (χ2v) is 11.1. The van der Waals surface area contributed by atoms with Gasteiger partial charge in [-0.2, -0.15) is 0 Å². The summed E-state index contributed by atoms with van der Waals surface area (Å²) in [6, 6.07) is 8.27. The van der Waals surface area contributed by atoms with Gasteiger partial charge in [-0.1, -0.05) is 30.7 Å². The molecule has 0 bridgehead atoms. The van der Waals surface area contributed by atoms with Crippen LogP contribution in [0.5, 0.6) is 5.75 Å². The molecule has 3 atom stereocenters. The Morgan fingerprint density at radius 3 is 2.69 bits per heavy atom. The van der Waals surface area contributed by atoms with Gasteiger partial charge < -0.3 is 19.5 Å². The molecular formula is C29H31ClF2N3O6P. The third kappa shape index (κ3) is 6.97. The van der Waals surface area contributed by atoms with Crippen LogP contribution >= 0.6 is 20.3 Å². The van der Waals surface area contributed by atoms with Crippen LogP contribution in [0.15, 0.2) is 42.6 Å². The predicted octanol–water partition coefficient (Wildman–Crippen LogP) is 6.01. The van der Waals surface area contributed by atoms with Gasteiger partial charge in [0.15, 0.2) is 5.78 Å². The summed E-state index contributed by atoms with van der Waals surface area (Å²) in [5, 5.41) is 3.06. The molecule has 1 aromatic heterocycles. The lowest BCUT2D eigenvalue weighted by Crippen LogP contribution is -2.46. The number of nitrogens with one attached hydrogen (secondary N) is 1. The maximum atomic E-state index is 14.5. The van der Waals surface area contributed by atoms with Crippen molar-refractivity contribution in [1.29, 1.82) is 0 Å². The number of nitrogens with zero attached hydrogens (tertiary/aromatic N) is 2. The van der Waals surface area contributed by atoms with Gasteiger partial charge in [0.05, 0.1) is 17.1 Å². The van der Waals surface area contributed by atoms with Crippen LogP contribution in [0.4, 0.5) is 8.78 Å². The van der Waals surface area contributed by atoms with Crippen LogP contribution in [0.1, 0.15) is 56.0 Å². The van der Waals surface area contributed by atoms with E-state index in [1.807, 2.05) is 6.92 Å². The Bertz CT molecular complexity index is 1520. The van der Waals surface area contributed by atoms with E-state index in [1.54, 1.807) is 35.8 Å². The molecule has 9 nitrogen and oxygen atoms in total. The van der Waals surface area contributed by atoms with Crippen molar-refractivity contribution in [3.63, 3.8) is 0 Å². The third-order valence-electron chi connectivity index (χ3n) is 7.16. The Kier molecular flexibility index (Phi) is 9.97. The van der Waals surface area contributed by atoms with Gasteiger partial charge in [-0.15, -0.1) is 0 Å². The molecule has 1 unspecified atom stereocenters. The Balaban J connectivity index is 1.56. The predicted molar refractivity (Wildman–Crippen MR) is 153 cm³/mol. The summed E-state index contributed by atoms with van der Waals surface area (Å²) in [5.74, 6) is -2.86. The summed E-state index contributed by atoms with van der Waals surface area (Å²) >= 11 is 5.81. The number of Topliss-reactive ketones (excluding diaryl/α,β-unsaturated/α-hetero) is 1. The van der Waals surface area contributed by atoms with E-state index in [0.717, 1.165) is 4.90 Å². The molecule has 1 N–H and O–H groups in total. The van der Waals surface area contributed by atoms with Crippen LogP contribution in [-0.2, 0) is 31.8 Å². The fourth-order valence-electron chi connectivity index (χ4n) is 5.17. The largest absolute Gasteiger partial charge is 0.462 e. The standard InChI is InChI=1S/C29H31ClF2N3O6P/c1-4-10-29(3,41-42-39)40-20-8-9-21-22(17(2)36)15-34(24(21)12-20)16-26(37)35-14-19(31)11-25(35)28(38)33-13-18-6-5-7-23(30)27(18)32/h5-9,12,15,19,25H,4,10-11,13-14,16H2,1-3H3,(H,33,38)/t19-,25+,29?/m1/s1. The number of halogens is 3. The van der Waals surface area contributed by atoms with Crippen molar-refractivity contribution in [2.24, 2.45) is 0 Å². The lowest BCUT2D eigenvalue weighted by molar-refractivity contribution is -0.139. The molecule has 2 heterocycles. The van der Waals surface area contributed by atoms with Crippen LogP contribution in [0.2, 0.25) is 5.02 Å². The molecule has 224 valence electrons. The Morgan fingerprint density at radius 2 is 2.00 bits per heavy atom. The Hall–Kier alpha value is -3.40. The number of hydrogen-bond acceptors (Lipinski definition) is 6. The number of benzene rings is 2. The maximum Gasteiger partial charge on any atom is 0.330 e. The van der Waals surface area contributed by atoms with Gasteiger partial charge in [0.1, 0.15) is 30.3 Å². The van der Waals surface area contributed by atoms with Crippen molar-refractivity contribution in [3.05, 3.63) is 64.6 Å². The van der Waals surface area contributed by atoms with Crippen LogP contribution in [0, 0.1) is 5.82 Å². The van der Waals surface area contributed by atoms with E-state index in [1.165, 1.54) is 25.3 Å². The number of fused-ring (bicyclic) bond motifs is 1. The average molecular weight is 622 g/mol. The fourth-order valence-corrected chi connectivity index (χ4v) is 5.66. The van der Waals surface area contributed by atoms with E-state index in [9.17, 15) is 27.7 Å². The summed E-state index contributed by atoms with van der Waals surface area (Å²) in [6.07, 6.45) is 1.06. The number of likely N-dealkylation sites (tertiary alicyclic amines) is 1. The maximum absolute atomic E-state index is 14.5. The monoisotopic (exact) mass is 621 g/mol. The van der Waals surface area contributed by atoms with Crippen LogP contribution in [0.3, 0.4) is 0 Å². The summed E-state index contributed by atoms with van der Waals surface area (Å²) in [4.78, 5) is 40.0. The molecule has 13 heteroatoms. The second kappa shape index (κ2) is 13.3. The molecular weight excluding hydrogens is 591 g/mol. The molecule has 2 aromatic carbocycles. The first-order valence-electron chi connectivity index (χ1n) is 13.4. The van der Waals surface area contributed by atoms with Crippen molar-refractivity contribution in [3.8, 4) is 5.75 Å². The molecule has 4 rings (SSSR count). The third-order valence-corrected chi connectivity index (χ3v) is 7.92. The second-order valence-electron chi connectivity index (χ2n) is 10.4. The first kappa shape index (κ1) is 31.5. The lowest BCUT2D eigenvalue weighted by Gasteiger charge is -2.27. The van der Waals surface area contributed by atoms with E-state index < -0.39 is 44.3 Å². The molecule has 1 aliphatic heterocycles. The first-order valence-corrected chi connectivity index (χ1v) is 14.5. The number of carbonyl (C=O) groups is 3. The van der Waals surface area contributed by atoms with Crippen molar-refractivity contribution in [1.82, 2.24) is 14.8 Å². The van der Waals surface area contributed by atoms with Gasteiger partial charge >= 0.3 is 8.69 Å². The lowest BCUT2D eigenvalue weighted by atomic mass is 10.1. The number of ether oxygens (including phenoxy) is 1. The number of hydrogen-bond donors (Lipinski definition) is 1. The summed E-state index contributed by atoms with van der Waals surface area (Å²) in [7, 11) is -0.541. The number of alkyl halides is 1. The van der Waals surface area contributed by atoms with Gasteiger partial charge in [-0.05, 0) is 31.5 Å². The smallest absolute Gasteiger partial charge is 0.330 e. The summed E-state index contributed by atoms with van der Waals surface area (Å²) in [5.41, 5.74) is 1.03. The quantitative estimate of drug-likeness (QED) is 0.151. The zero-order chi connectivity index (χ0) is 30.6. The van der Waals surface area contributed by atoms with E-state index in [-0.39, 0.29) is 42.4 Å². The molecule has 42 heavy (non-hydrogen) atoms. The Morgan fingerprint density at radius 1 is 1.24 bits per heavy atom. The first-order chi connectivity index (χ1) is 20.0. The number of rotatable bonds is 12. The molecule has 0 spiro atoms. The summed E-state index contributed by atoms with van der Waals surface area (Å²) < 4.78 is 52.7. The molecule has 1 fully saturated rings. The van der Waals surface area contributed by atoms with E-state index in [2.05, 4.69) is 5.32 Å². The highest BCUT2D eigenvalue weighted by molar-refractivity contribution is 7.17. The molecule has 0 saturated carbocycles. The van der Waals surface area contributed by atoms with Crippen molar-refractivity contribution in [2.75, 3.05) is 6.54 Å². The Labute approximate surface area is 248 Å². The van der Waals surface area contributed by atoms with Crippen molar-refractivity contribution >= 4 is 48.8 Å².